The van der Waals surface area contributed by atoms with E-state index in [1.54, 1.807) is 0 Å². The molecule has 122 valence electrons. The highest BCUT2D eigenvalue weighted by molar-refractivity contribution is 6.83. The van der Waals surface area contributed by atoms with Crippen LogP contribution in [0.4, 0.5) is 0 Å². The van der Waals surface area contributed by atoms with E-state index in [2.05, 4.69) is 72.1 Å². The first-order chi connectivity index (χ1) is 9.26. The molecule has 1 heterocycles. The molecule has 1 aliphatic rings. The predicted octanol–water partition coefficient (Wildman–Crippen LogP) is 3.76. The van der Waals surface area contributed by atoms with Crippen molar-refractivity contribution in [3.63, 3.8) is 0 Å². The van der Waals surface area contributed by atoms with E-state index in [9.17, 15) is 4.79 Å². The lowest BCUT2D eigenvalue weighted by molar-refractivity contribution is -0.117. The van der Waals surface area contributed by atoms with Gasteiger partial charge >= 0.3 is 0 Å². The molecule has 5 heteroatoms. The Morgan fingerprint density at radius 3 is 1.90 bits per heavy atom. The molecule has 0 radical (unpaired) electrons. The monoisotopic (exact) mass is 327 g/mol. The third-order valence-corrected chi connectivity index (χ3v) is 9.48. The van der Waals surface area contributed by atoms with Crippen molar-refractivity contribution in [3.05, 3.63) is 10.8 Å². The molecule has 0 amide bonds. The van der Waals surface area contributed by atoms with Crippen LogP contribution in [0.5, 0.6) is 0 Å². The fourth-order valence-electron chi connectivity index (χ4n) is 3.60. The Bertz CT molecular complexity index is 446. The zero-order chi connectivity index (χ0) is 16.8. The second kappa shape index (κ2) is 5.76. The summed E-state index contributed by atoms with van der Waals surface area (Å²) < 4.78 is 6.53. The maximum Gasteiger partial charge on any atom is 0.130 e. The predicted molar refractivity (Wildman–Crippen MR) is 96.2 cm³/mol. The van der Waals surface area contributed by atoms with Gasteiger partial charge in [-0.3, -0.25) is 4.90 Å². The molecule has 0 bridgehead atoms. The van der Waals surface area contributed by atoms with E-state index in [0.29, 0.717) is 0 Å². The molecule has 0 aromatic carbocycles. The second-order valence-electron chi connectivity index (χ2n) is 8.81. The van der Waals surface area contributed by atoms with Crippen molar-refractivity contribution >= 4 is 22.4 Å². The van der Waals surface area contributed by atoms with Gasteiger partial charge in [-0.2, -0.15) is 0 Å². The van der Waals surface area contributed by atoms with Crippen molar-refractivity contribution in [1.82, 2.24) is 4.90 Å². The van der Waals surface area contributed by atoms with E-state index >= 15 is 0 Å². The molecule has 3 unspecified atom stereocenters. The molecule has 0 aromatic heterocycles. The molecule has 21 heavy (non-hydrogen) atoms. The van der Waals surface area contributed by atoms with E-state index in [4.69, 9.17) is 4.74 Å². The number of ether oxygens (including phenoxy) is 1. The normalized spacial score (nSPS) is 29.2. The summed E-state index contributed by atoms with van der Waals surface area (Å²) in [5, 5.41) is 1.46. The summed E-state index contributed by atoms with van der Waals surface area (Å²) in [5.74, 6) is 0. The van der Waals surface area contributed by atoms with E-state index < -0.39 is 21.7 Å². The van der Waals surface area contributed by atoms with Gasteiger partial charge in [0.25, 0.3) is 0 Å². The Hall–Kier alpha value is -0.236. The first-order valence-electron chi connectivity index (χ1n) is 7.78. The lowest BCUT2D eigenvalue weighted by Crippen LogP contribution is -2.47. The fourth-order valence-corrected chi connectivity index (χ4v) is 8.37. The zero-order valence-corrected chi connectivity index (χ0v) is 17.5. The summed E-state index contributed by atoms with van der Waals surface area (Å²) in [4.78, 5) is 14.0. The van der Waals surface area contributed by atoms with Crippen LogP contribution >= 0.6 is 0 Å². The lowest BCUT2D eigenvalue weighted by Gasteiger charge is -2.40. The van der Waals surface area contributed by atoms with Gasteiger partial charge in [0.15, 0.2) is 0 Å². The van der Waals surface area contributed by atoms with Crippen LogP contribution < -0.4 is 0 Å². The summed E-state index contributed by atoms with van der Waals surface area (Å²) in [6.45, 7) is 18.2. The topological polar surface area (TPSA) is 29.5 Å². The molecule has 0 aromatic rings. The summed E-state index contributed by atoms with van der Waals surface area (Å²) in [5.41, 5.74) is 0.845. The van der Waals surface area contributed by atoms with Crippen molar-refractivity contribution in [2.45, 2.75) is 70.5 Å². The largest absolute Gasteiger partial charge is 0.349 e. The Balaban J connectivity index is 3.46. The lowest BCUT2D eigenvalue weighted by atomic mass is 9.94. The molecular formula is C16H33NO2Si2. The second-order valence-corrected chi connectivity index (χ2v) is 19.2. The van der Waals surface area contributed by atoms with Gasteiger partial charge in [0, 0.05) is 5.54 Å². The highest BCUT2D eigenvalue weighted by atomic mass is 28.3. The molecule has 1 aliphatic heterocycles. The highest BCUT2D eigenvalue weighted by Crippen LogP contribution is 2.49. The van der Waals surface area contributed by atoms with Crippen molar-refractivity contribution in [2.75, 3.05) is 14.1 Å². The van der Waals surface area contributed by atoms with E-state index in [1.165, 1.54) is 10.8 Å². The van der Waals surface area contributed by atoms with Gasteiger partial charge < -0.3 is 9.53 Å². The third-order valence-electron chi connectivity index (χ3n) is 4.69. The van der Waals surface area contributed by atoms with Crippen molar-refractivity contribution in [1.29, 1.82) is 0 Å². The summed E-state index contributed by atoms with van der Waals surface area (Å²) in [7, 11) is 0.971. The Kier molecular flexibility index (Phi) is 5.16. The average Bonchev–Trinajstić information content (AvgIpc) is 2.50. The number of rotatable bonds is 5. The quantitative estimate of drug-likeness (QED) is 0.569. The molecule has 0 fully saturated rings. The van der Waals surface area contributed by atoms with Crippen molar-refractivity contribution in [3.8, 4) is 0 Å². The molecule has 0 spiro atoms. The number of carbonyl (C=O) groups excluding carboxylic acids is 1. The smallest absolute Gasteiger partial charge is 0.130 e. The minimum absolute atomic E-state index is 0.0127. The van der Waals surface area contributed by atoms with E-state index in [0.717, 1.165) is 6.29 Å². The standard InChI is InChI=1S/C16H33NO2Si2/c1-12-14(21(8,9)10)15(17(3)4)19-16(12,2)13(11-18)20(5,6)7/h11,13,15H,1-10H3. The van der Waals surface area contributed by atoms with Gasteiger partial charge in [0.05, 0.1) is 21.7 Å². The van der Waals surface area contributed by atoms with Crippen LogP contribution in [0.1, 0.15) is 13.8 Å². The number of likely N-dealkylation sites (N-methyl/N-ethyl adjacent to an activating group) is 1. The molecule has 0 aliphatic carbocycles. The van der Waals surface area contributed by atoms with Gasteiger partial charge in [-0.25, -0.2) is 0 Å². The van der Waals surface area contributed by atoms with Crippen LogP contribution in [0.3, 0.4) is 0 Å². The van der Waals surface area contributed by atoms with Gasteiger partial charge in [-0.05, 0) is 38.7 Å². The molecular weight excluding hydrogens is 294 g/mol. The number of aldehydes is 1. The van der Waals surface area contributed by atoms with Crippen LogP contribution in [0.2, 0.25) is 44.8 Å². The molecule has 0 N–H and O–H groups in total. The maximum atomic E-state index is 11.9. The molecule has 0 saturated carbocycles. The minimum Gasteiger partial charge on any atom is -0.349 e. The number of hydrogen-bond donors (Lipinski definition) is 0. The first kappa shape index (κ1) is 18.8. The van der Waals surface area contributed by atoms with Gasteiger partial charge in [-0.15, -0.1) is 0 Å². The van der Waals surface area contributed by atoms with Gasteiger partial charge in [-0.1, -0.05) is 39.3 Å². The number of carbonyl (C=O) groups is 1. The van der Waals surface area contributed by atoms with Crippen molar-refractivity contribution in [2.24, 2.45) is 0 Å². The highest BCUT2D eigenvalue weighted by Gasteiger charge is 2.53. The van der Waals surface area contributed by atoms with Crippen LogP contribution in [-0.4, -0.2) is 53.3 Å². The van der Waals surface area contributed by atoms with Gasteiger partial charge in [0.2, 0.25) is 0 Å². The Morgan fingerprint density at radius 2 is 1.67 bits per heavy atom. The number of nitrogens with zero attached hydrogens (tertiary/aromatic N) is 1. The molecule has 3 nitrogen and oxygen atoms in total. The fraction of sp³-hybridized carbons (Fsp3) is 0.812. The van der Waals surface area contributed by atoms with Crippen LogP contribution in [0, 0.1) is 0 Å². The summed E-state index contributed by atoms with van der Waals surface area (Å²) in [6, 6.07) is 0. The van der Waals surface area contributed by atoms with E-state index in [-0.39, 0.29) is 11.8 Å². The minimum atomic E-state index is -1.65. The Morgan fingerprint density at radius 1 is 1.19 bits per heavy atom. The maximum absolute atomic E-state index is 11.9. The summed E-state index contributed by atoms with van der Waals surface area (Å²) >= 11 is 0. The van der Waals surface area contributed by atoms with Crippen LogP contribution in [0.15, 0.2) is 10.8 Å². The summed E-state index contributed by atoms with van der Waals surface area (Å²) in [6.07, 6.45) is 1.16. The number of hydrogen-bond acceptors (Lipinski definition) is 3. The van der Waals surface area contributed by atoms with Crippen LogP contribution in [-0.2, 0) is 9.53 Å². The zero-order valence-electron chi connectivity index (χ0n) is 15.5. The third kappa shape index (κ3) is 3.41. The molecule has 1 rings (SSSR count). The van der Waals surface area contributed by atoms with Gasteiger partial charge in [0.1, 0.15) is 12.5 Å². The average molecular weight is 328 g/mol. The van der Waals surface area contributed by atoms with Crippen LogP contribution in [0.25, 0.3) is 0 Å². The molecule has 0 saturated heterocycles. The first-order valence-corrected chi connectivity index (χ1v) is 14.9. The molecule has 3 atom stereocenters. The Labute approximate surface area is 132 Å². The SMILES string of the molecule is CC1=C([Si](C)(C)C)C(N(C)C)OC1(C)C(C=O)[Si](C)(C)C. The van der Waals surface area contributed by atoms with Crippen molar-refractivity contribution < 1.29 is 9.53 Å². The van der Waals surface area contributed by atoms with E-state index in [1.807, 2.05) is 0 Å².